The number of ether oxygens (including phenoxy) is 2. The van der Waals surface area contributed by atoms with Crippen LogP contribution in [0.1, 0.15) is 40.0 Å². The highest BCUT2D eigenvalue weighted by Gasteiger charge is 2.32. The van der Waals surface area contributed by atoms with E-state index in [4.69, 9.17) is 9.47 Å². The van der Waals surface area contributed by atoms with Gasteiger partial charge >= 0.3 is 12.1 Å². The molecule has 1 aliphatic carbocycles. The number of amides is 2. The van der Waals surface area contributed by atoms with Crippen LogP contribution in [0.5, 0.6) is 0 Å². The summed E-state index contributed by atoms with van der Waals surface area (Å²) in [5.41, 5.74) is 4.89. The van der Waals surface area contributed by atoms with Gasteiger partial charge in [-0.25, -0.2) is 9.59 Å². The number of rotatable bonds is 10. The first-order valence-corrected chi connectivity index (χ1v) is 13.2. The van der Waals surface area contributed by atoms with Crippen LogP contribution in [0.15, 0.2) is 85.1 Å². The van der Waals surface area contributed by atoms with Crippen molar-refractivity contribution in [2.75, 3.05) is 11.9 Å². The number of carbonyl (C=O) groups excluding carboxylic acids is 2. The maximum Gasteiger partial charge on any atom is 0.407 e. The van der Waals surface area contributed by atoms with Gasteiger partial charge in [-0.05, 0) is 34.7 Å². The van der Waals surface area contributed by atoms with Gasteiger partial charge in [-0.2, -0.15) is 5.10 Å². The highest BCUT2D eigenvalue weighted by molar-refractivity contribution is 6.02. The Bertz CT molecular complexity index is 1520. The Morgan fingerprint density at radius 1 is 0.951 bits per heavy atom. The average Bonchev–Trinajstić information content (AvgIpc) is 3.51. The number of nitrogens with zero attached hydrogens (tertiary/aromatic N) is 2. The number of carbonyl (C=O) groups is 3. The van der Waals surface area contributed by atoms with E-state index in [0.29, 0.717) is 0 Å². The number of aromatic carboxylic acids is 1. The number of aromatic nitrogens is 2. The molecule has 0 fully saturated rings. The fraction of sp³-hybridized carbons (Fsp3) is 0.226. The molecule has 5 rings (SSSR count). The third kappa shape index (κ3) is 6.12. The first-order valence-electron chi connectivity index (χ1n) is 13.2. The van der Waals surface area contributed by atoms with Crippen molar-refractivity contribution in [3.05, 3.63) is 107 Å². The summed E-state index contributed by atoms with van der Waals surface area (Å²) in [6.07, 6.45) is -0.214. The zero-order valence-corrected chi connectivity index (χ0v) is 22.6. The molecule has 10 nitrogen and oxygen atoms in total. The molecular formula is C31H30N4O6. The van der Waals surface area contributed by atoms with Crippen molar-refractivity contribution in [1.82, 2.24) is 15.1 Å². The van der Waals surface area contributed by atoms with Gasteiger partial charge in [0.25, 0.3) is 0 Å². The number of alkyl carbamates (subject to hydrolysis) is 1. The summed E-state index contributed by atoms with van der Waals surface area (Å²) in [4.78, 5) is 38.1. The molecule has 0 unspecified atom stereocenters. The summed E-state index contributed by atoms with van der Waals surface area (Å²) in [5, 5.41) is 18.5. The molecule has 10 heteroatoms. The van der Waals surface area contributed by atoms with E-state index >= 15 is 0 Å². The Balaban J connectivity index is 1.30. The number of benzene rings is 3. The number of carboxylic acids is 1. The van der Waals surface area contributed by atoms with Crippen molar-refractivity contribution in [3.63, 3.8) is 0 Å². The van der Waals surface area contributed by atoms with Gasteiger partial charge in [0.2, 0.25) is 5.91 Å². The Morgan fingerprint density at radius 2 is 1.56 bits per heavy atom. The topological polar surface area (TPSA) is 132 Å². The molecule has 210 valence electrons. The molecule has 3 aromatic carbocycles. The number of aryl methyl sites for hydroxylation is 1. The van der Waals surface area contributed by atoms with Gasteiger partial charge < -0.3 is 25.2 Å². The van der Waals surface area contributed by atoms with Crippen molar-refractivity contribution in [3.8, 4) is 11.1 Å². The zero-order chi connectivity index (χ0) is 28.9. The van der Waals surface area contributed by atoms with Crippen molar-refractivity contribution in [2.24, 2.45) is 7.05 Å². The van der Waals surface area contributed by atoms with Crippen LogP contribution in [0, 0.1) is 0 Å². The minimum absolute atomic E-state index is 0.000374. The van der Waals surface area contributed by atoms with E-state index in [0.717, 1.165) is 27.8 Å². The molecule has 41 heavy (non-hydrogen) atoms. The number of hydrogen-bond donors (Lipinski definition) is 3. The highest BCUT2D eigenvalue weighted by Crippen LogP contribution is 2.44. The van der Waals surface area contributed by atoms with Crippen molar-refractivity contribution >= 4 is 23.7 Å². The van der Waals surface area contributed by atoms with Crippen LogP contribution in [0.3, 0.4) is 0 Å². The van der Waals surface area contributed by atoms with Gasteiger partial charge in [0.15, 0.2) is 5.69 Å². The van der Waals surface area contributed by atoms with E-state index in [1.165, 1.54) is 10.9 Å². The molecule has 1 aromatic heterocycles. The molecule has 0 radical (unpaired) electrons. The van der Waals surface area contributed by atoms with E-state index < -0.39 is 30.1 Å². The third-order valence-electron chi connectivity index (χ3n) is 7.01. The lowest BCUT2D eigenvalue weighted by Gasteiger charge is -2.25. The van der Waals surface area contributed by atoms with Crippen LogP contribution in [-0.2, 0) is 27.9 Å². The Hall–Kier alpha value is -4.96. The monoisotopic (exact) mass is 554 g/mol. The summed E-state index contributed by atoms with van der Waals surface area (Å²) >= 11 is 0. The molecule has 1 heterocycles. The number of carboxylic acid groups (broad SMARTS) is 1. The van der Waals surface area contributed by atoms with Crippen LogP contribution in [0.25, 0.3) is 11.1 Å². The third-order valence-corrected chi connectivity index (χ3v) is 7.01. The van der Waals surface area contributed by atoms with Crippen LogP contribution in [-0.4, -0.2) is 51.6 Å². The van der Waals surface area contributed by atoms with E-state index in [1.807, 2.05) is 78.9 Å². The minimum atomic E-state index is -1.30. The summed E-state index contributed by atoms with van der Waals surface area (Å²) in [5.74, 6) is -2.12. The molecular weight excluding hydrogens is 524 g/mol. The van der Waals surface area contributed by atoms with Gasteiger partial charge in [-0.3, -0.25) is 9.48 Å². The maximum absolute atomic E-state index is 13.4. The molecule has 0 saturated carbocycles. The Kier molecular flexibility index (Phi) is 8.11. The number of fused-ring (bicyclic) bond motifs is 3. The molecule has 0 saturated heterocycles. The fourth-order valence-electron chi connectivity index (χ4n) is 5.01. The normalized spacial score (nSPS) is 13.5. The first kappa shape index (κ1) is 27.6. The molecule has 0 spiro atoms. The number of anilines is 1. The second-order valence-electron chi connectivity index (χ2n) is 9.81. The van der Waals surface area contributed by atoms with Crippen LogP contribution >= 0.6 is 0 Å². The maximum atomic E-state index is 13.4. The molecule has 4 aromatic rings. The number of nitrogens with one attached hydrogen (secondary N) is 2. The largest absolute Gasteiger partial charge is 0.476 e. The summed E-state index contributed by atoms with van der Waals surface area (Å²) in [7, 11) is 1.54. The van der Waals surface area contributed by atoms with E-state index in [-0.39, 0.29) is 30.5 Å². The average molecular weight is 555 g/mol. The molecule has 3 N–H and O–H groups in total. The molecule has 0 aliphatic heterocycles. The SMILES string of the molecule is C[C@H](OCc1ccccc1)[C@@H](NC(=O)OCC1c2ccccc2-c2ccccc21)C(=O)Nc1cn(C)nc1C(=O)O. The highest BCUT2D eigenvalue weighted by atomic mass is 16.5. The summed E-state index contributed by atoms with van der Waals surface area (Å²) in [6.45, 7) is 1.92. The van der Waals surface area contributed by atoms with Crippen molar-refractivity contribution < 1.29 is 29.0 Å². The standard InChI is InChI=1S/C31H30N4O6/c1-19(40-17-20-10-4-3-5-11-20)27(29(36)32-26-16-35(2)34-28(26)30(37)38)33-31(39)41-18-25-23-14-8-6-12-21(23)22-13-7-9-15-24(22)25/h3-16,19,25,27H,17-18H2,1-2H3,(H,32,36)(H,33,39)(H,37,38)/t19-,27+/m0/s1. The van der Waals surface area contributed by atoms with Crippen molar-refractivity contribution in [2.45, 2.75) is 31.6 Å². The van der Waals surface area contributed by atoms with Crippen LogP contribution in [0.4, 0.5) is 10.5 Å². The second kappa shape index (κ2) is 12.1. The first-order chi connectivity index (χ1) is 19.8. The van der Waals surface area contributed by atoms with E-state index in [9.17, 15) is 19.5 Å². The fourth-order valence-corrected chi connectivity index (χ4v) is 5.01. The Labute approximate surface area is 236 Å². The van der Waals surface area contributed by atoms with E-state index in [2.05, 4.69) is 15.7 Å². The zero-order valence-electron chi connectivity index (χ0n) is 22.6. The van der Waals surface area contributed by atoms with Gasteiger partial charge in [-0.1, -0.05) is 78.9 Å². The molecule has 1 aliphatic rings. The summed E-state index contributed by atoms with van der Waals surface area (Å²) < 4.78 is 12.9. The predicted octanol–water partition coefficient (Wildman–Crippen LogP) is 4.57. The predicted molar refractivity (Wildman–Crippen MR) is 151 cm³/mol. The van der Waals surface area contributed by atoms with E-state index in [1.54, 1.807) is 14.0 Å². The lowest BCUT2D eigenvalue weighted by Crippen LogP contribution is -2.51. The molecule has 2 atom stereocenters. The van der Waals surface area contributed by atoms with Gasteiger partial charge in [0.1, 0.15) is 12.6 Å². The lowest BCUT2D eigenvalue weighted by atomic mass is 9.98. The van der Waals surface area contributed by atoms with Crippen molar-refractivity contribution in [1.29, 1.82) is 0 Å². The van der Waals surface area contributed by atoms with Gasteiger partial charge in [0.05, 0.1) is 18.4 Å². The second-order valence-corrected chi connectivity index (χ2v) is 9.81. The smallest absolute Gasteiger partial charge is 0.407 e. The van der Waals surface area contributed by atoms with Crippen LogP contribution in [0.2, 0.25) is 0 Å². The van der Waals surface area contributed by atoms with Crippen LogP contribution < -0.4 is 10.6 Å². The molecule has 0 bridgehead atoms. The molecule has 2 amide bonds. The Morgan fingerprint density at radius 3 is 2.20 bits per heavy atom. The van der Waals surface area contributed by atoms with Gasteiger partial charge in [0, 0.05) is 19.2 Å². The lowest BCUT2D eigenvalue weighted by molar-refractivity contribution is -0.121. The number of hydrogen-bond acceptors (Lipinski definition) is 6. The quantitative estimate of drug-likeness (QED) is 0.262. The minimum Gasteiger partial charge on any atom is -0.476 e. The summed E-state index contributed by atoms with van der Waals surface area (Å²) in [6, 6.07) is 24.2. The van der Waals surface area contributed by atoms with Gasteiger partial charge in [-0.15, -0.1) is 0 Å².